The molecular formula is C24H21ClN4O4. The molecule has 1 heterocycles. The highest BCUT2D eigenvalue weighted by atomic mass is 35.5. The van der Waals surface area contributed by atoms with Gasteiger partial charge in [0.2, 0.25) is 11.8 Å². The lowest BCUT2D eigenvalue weighted by Gasteiger charge is -2.22. The van der Waals surface area contributed by atoms with E-state index in [4.69, 9.17) is 11.6 Å². The van der Waals surface area contributed by atoms with Gasteiger partial charge in [0.05, 0.1) is 10.7 Å². The zero-order valence-corrected chi connectivity index (χ0v) is 18.7. The second kappa shape index (κ2) is 8.55. The Bertz CT molecular complexity index is 1310. The van der Waals surface area contributed by atoms with Crippen LogP contribution in [-0.2, 0) is 19.9 Å². The number of hydrogen-bond donors (Lipinski definition) is 3. The maximum absolute atomic E-state index is 13.2. The van der Waals surface area contributed by atoms with Crippen molar-refractivity contribution in [3.05, 3.63) is 71.2 Å². The molecule has 0 aliphatic carbocycles. The summed E-state index contributed by atoms with van der Waals surface area (Å²) in [4.78, 5) is 50.4. The first-order valence-corrected chi connectivity index (χ1v) is 10.6. The number of hydrogen-bond acceptors (Lipinski definition) is 4. The molecule has 1 aliphatic heterocycles. The van der Waals surface area contributed by atoms with Crippen LogP contribution in [0.4, 0.5) is 16.2 Å². The highest BCUT2D eigenvalue weighted by molar-refractivity contribution is 6.34. The van der Waals surface area contributed by atoms with E-state index in [1.165, 1.54) is 19.1 Å². The molecule has 1 aliphatic rings. The van der Waals surface area contributed by atoms with Gasteiger partial charge in [0.1, 0.15) is 12.1 Å². The van der Waals surface area contributed by atoms with Gasteiger partial charge in [-0.2, -0.15) is 0 Å². The average molecular weight is 465 g/mol. The van der Waals surface area contributed by atoms with Crippen molar-refractivity contribution >= 4 is 57.5 Å². The van der Waals surface area contributed by atoms with Gasteiger partial charge in [-0.3, -0.25) is 19.3 Å². The van der Waals surface area contributed by atoms with Crippen LogP contribution in [0.1, 0.15) is 19.4 Å². The maximum atomic E-state index is 13.2. The minimum absolute atomic E-state index is 0.202. The molecule has 0 aromatic heterocycles. The summed E-state index contributed by atoms with van der Waals surface area (Å²) < 4.78 is 0. The Morgan fingerprint density at radius 3 is 2.42 bits per heavy atom. The van der Waals surface area contributed by atoms with E-state index in [1.54, 1.807) is 19.1 Å². The number of carbonyl (C=O) groups excluding carboxylic acids is 4. The third-order valence-corrected chi connectivity index (χ3v) is 5.78. The quantitative estimate of drug-likeness (QED) is 0.498. The van der Waals surface area contributed by atoms with Gasteiger partial charge in [-0.1, -0.05) is 48.0 Å². The molecule has 3 N–H and O–H groups in total. The third-order valence-electron chi connectivity index (χ3n) is 5.47. The number of fused-ring (bicyclic) bond motifs is 1. The number of nitrogens with zero attached hydrogens (tertiary/aromatic N) is 1. The molecule has 9 heteroatoms. The fourth-order valence-corrected chi connectivity index (χ4v) is 4.00. The van der Waals surface area contributed by atoms with Crippen LogP contribution in [-0.4, -0.2) is 35.2 Å². The summed E-state index contributed by atoms with van der Waals surface area (Å²) in [5.74, 6) is -1.36. The predicted molar refractivity (Wildman–Crippen MR) is 126 cm³/mol. The fraction of sp³-hybridized carbons (Fsp3) is 0.167. The summed E-state index contributed by atoms with van der Waals surface area (Å²) >= 11 is 6.18. The first-order chi connectivity index (χ1) is 15.7. The van der Waals surface area contributed by atoms with Crippen LogP contribution in [0.25, 0.3) is 10.8 Å². The number of imide groups is 1. The fourth-order valence-electron chi connectivity index (χ4n) is 3.77. The second-order valence-corrected chi connectivity index (χ2v) is 8.34. The molecule has 0 bridgehead atoms. The van der Waals surface area contributed by atoms with E-state index in [0.717, 1.165) is 15.7 Å². The Balaban J connectivity index is 1.49. The van der Waals surface area contributed by atoms with E-state index < -0.39 is 29.9 Å². The lowest BCUT2D eigenvalue weighted by atomic mass is 9.90. The molecule has 1 fully saturated rings. The van der Waals surface area contributed by atoms with Crippen LogP contribution in [0.5, 0.6) is 0 Å². The van der Waals surface area contributed by atoms with Crippen LogP contribution in [0.15, 0.2) is 60.7 Å². The van der Waals surface area contributed by atoms with Crippen molar-refractivity contribution in [3.63, 3.8) is 0 Å². The van der Waals surface area contributed by atoms with Gasteiger partial charge < -0.3 is 16.0 Å². The van der Waals surface area contributed by atoms with Crippen molar-refractivity contribution in [2.45, 2.75) is 19.4 Å². The minimum atomic E-state index is -1.29. The van der Waals surface area contributed by atoms with Gasteiger partial charge in [0, 0.05) is 12.6 Å². The van der Waals surface area contributed by atoms with Crippen LogP contribution >= 0.6 is 11.6 Å². The average Bonchev–Trinajstić information content (AvgIpc) is 2.99. The van der Waals surface area contributed by atoms with Crippen molar-refractivity contribution in [3.8, 4) is 0 Å². The number of anilines is 2. The topological polar surface area (TPSA) is 108 Å². The molecule has 33 heavy (non-hydrogen) atoms. The van der Waals surface area contributed by atoms with Gasteiger partial charge in [-0.25, -0.2) is 4.79 Å². The molecule has 8 nitrogen and oxygen atoms in total. The van der Waals surface area contributed by atoms with E-state index in [2.05, 4.69) is 16.0 Å². The monoisotopic (exact) mass is 464 g/mol. The van der Waals surface area contributed by atoms with E-state index >= 15 is 0 Å². The second-order valence-electron chi connectivity index (χ2n) is 7.93. The number of urea groups is 1. The molecule has 3 aromatic rings. The molecule has 4 rings (SSSR count). The van der Waals surface area contributed by atoms with Crippen molar-refractivity contribution in [1.82, 2.24) is 10.2 Å². The normalized spacial score (nSPS) is 17.7. The van der Waals surface area contributed by atoms with E-state index in [0.29, 0.717) is 16.9 Å². The molecular weight excluding hydrogens is 444 g/mol. The Kier molecular flexibility index (Phi) is 5.78. The molecule has 5 amide bonds. The number of nitrogens with one attached hydrogen (secondary N) is 3. The van der Waals surface area contributed by atoms with E-state index in [-0.39, 0.29) is 10.9 Å². The molecule has 1 saturated heterocycles. The van der Waals surface area contributed by atoms with Crippen LogP contribution in [0.3, 0.4) is 0 Å². The summed E-state index contributed by atoms with van der Waals surface area (Å²) in [6, 6.07) is 17.2. The van der Waals surface area contributed by atoms with Gasteiger partial charge in [-0.05, 0) is 47.5 Å². The van der Waals surface area contributed by atoms with Gasteiger partial charge in [0.25, 0.3) is 5.91 Å². The molecule has 1 unspecified atom stereocenters. The van der Waals surface area contributed by atoms with Crippen molar-refractivity contribution in [2.24, 2.45) is 0 Å². The van der Waals surface area contributed by atoms with Crippen molar-refractivity contribution in [1.29, 1.82) is 0 Å². The smallest absolute Gasteiger partial charge is 0.325 e. The standard InChI is InChI=1S/C24H21ClN4O4/c1-14(30)26-18-9-10-20(19(25)12-18)27-21(31)13-29-22(32)24(2,28-23(29)33)17-8-7-15-5-3-4-6-16(15)11-17/h3-12H,13H2,1-2H3,(H,26,30)(H,27,31)(H,28,33). The summed E-state index contributed by atoms with van der Waals surface area (Å²) in [5, 5.41) is 10.0. The van der Waals surface area contributed by atoms with E-state index in [9.17, 15) is 19.2 Å². The molecule has 0 saturated carbocycles. The number of benzene rings is 3. The summed E-state index contributed by atoms with van der Waals surface area (Å²) in [6.07, 6.45) is 0. The third kappa shape index (κ3) is 4.38. The Morgan fingerprint density at radius 2 is 1.73 bits per heavy atom. The number of carbonyl (C=O) groups is 4. The van der Waals surface area contributed by atoms with Gasteiger partial charge >= 0.3 is 6.03 Å². The molecule has 3 aromatic carbocycles. The summed E-state index contributed by atoms with van der Waals surface area (Å²) in [5.41, 5.74) is 0.101. The lowest BCUT2D eigenvalue weighted by Crippen LogP contribution is -2.42. The van der Waals surface area contributed by atoms with Crippen LogP contribution in [0, 0.1) is 0 Å². The Labute approximate surface area is 194 Å². The first-order valence-electron chi connectivity index (χ1n) is 10.2. The molecule has 168 valence electrons. The zero-order chi connectivity index (χ0) is 23.8. The largest absolute Gasteiger partial charge is 0.326 e. The molecule has 1 atom stereocenters. The first kappa shape index (κ1) is 22.3. The van der Waals surface area contributed by atoms with Gasteiger partial charge in [0.15, 0.2) is 0 Å². The predicted octanol–water partition coefficient (Wildman–Crippen LogP) is 3.86. The zero-order valence-electron chi connectivity index (χ0n) is 17.9. The molecule has 0 spiro atoms. The Hall–Kier alpha value is -3.91. The highest BCUT2D eigenvalue weighted by Crippen LogP contribution is 2.31. The SMILES string of the molecule is CC(=O)Nc1ccc(NC(=O)CN2C(=O)NC(C)(c3ccc4ccccc4c3)C2=O)c(Cl)c1. The lowest BCUT2D eigenvalue weighted by molar-refractivity contribution is -0.133. The maximum Gasteiger partial charge on any atom is 0.325 e. The van der Waals surface area contributed by atoms with Crippen molar-refractivity contribution in [2.75, 3.05) is 17.2 Å². The number of halogens is 1. The number of amides is 5. The highest BCUT2D eigenvalue weighted by Gasteiger charge is 2.49. The van der Waals surface area contributed by atoms with Crippen LogP contribution in [0.2, 0.25) is 5.02 Å². The summed E-state index contributed by atoms with van der Waals surface area (Å²) in [7, 11) is 0. The summed E-state index contributed by atoms with van der Waals surface area (Å²) in [6.45, 7) is 2.51. The van der Waals surface area contributed by atoms with E-state index in [1.807, 2.05) is 36.4 Å². The minimum Gasteiger partial charge on any atom is -0.326 e. The number of rotatable bonds is 5. The van der Waals surface area contributed by atoms with Crippen LogP contribution < -0.4 is 16.0 Å². The molecule has 0 radical (unpaired) electrons. The van der Waals surface area contributed by atoms with Crippen molar-refractivity contribution < 1.29 is 19.2 Å². The van der Waals surface area contributed by atoms with Gasteiger partial charge in [-0.15, -0.1) is 0 Å². The Morgan fingerprint density at radius 1 is 1.00 bits per heavy atom.